The molecule has 0 aliphatic carbocycles. The van der Waals surface area contributed by atoms with E-state index < -0.39 is 0 Å². The van der Waals surface area contributed by atoms with Gasteiger partial charge < -0.3 is 14.8 Å². The summed E-state index contributed by atoms with van der Waals surface area (Å²) in [6.45, 7) is 4.01. The predicted octanol–water partition coefficient (Wildman–Crippen LogP) is 3.85. The second kappa shape index (κ2) is 9.01. The van der Waals surface area contributed by atoms with Crippen molar-refractivity contribution in [2.24, 2.45) is 0 Å². The van der Waals surface area contributed by atoms with Gasteiger partial charge in [-0.1, -0.05) is 23.8 Å². The molecule has 2 N–H and O–H groups in total. The van der Waals surface area contributed by atoms with Crippen LogP contribution in [0.5, 0.6) is 11.5 Å². The number of ether oxygens (including phenoxy) is 2. The average molecular weight is 370 g/mol. The molecular formula is C20H22N2O3S. The summed E-state index contributed by atoms with van der Waals surface area (Å²) in [6.07, 6.45) is 3.09. The first kappa shape index (κ1) is 19.5. The summed E-state index contributed by atoms with van der Waals surface area (Å²) in [4.78, 5) is 12.1. The molecule has 0 spiro atoms. The Morgan fingerprint density at radius 2 is 1.77 bits per heavy atom. The van der Waals surface area contributed by atoms with Crippen molar-refractivity contribution in [3.8, 4) is 11.5 Å². The van der Waals surface area contributed by atoms with Crippen LogP contribution in [0.1, 0.15) is 16.7 Å². The van der Waals surface area contributed by atoms with Crippen molar-refractivity contribution < 1.29 is 14.3 Å². The first-order valence-corrected chi connectivity index (χ1v) is 8.43. The van der Waals surface area contributed by atoms with Gasteiger partial charge in [0.15, 0.2) is 16.6 Å². The molecule has 0 heterocycles. The average Bonchev–Trinajstić information content (AvgIpc) is 2.62. The van der Waals surface area contributed by atoms with E-state index in [0.29, 0.717) is 11.5 Å². The molecule has 5 nitrogen and oxygen atoms in total. The lowest BCUT2D eigenvalue weighted by molar-refractivity contribution is -0.115. The normalized spacial score (nSPS) is 10.5. The molecule has 2 aromatic rings. The van der Waals surface area contributed by atoms with E-state index in [2.05, 4.69) is 10.6 Å². The topological polar surface area (TPSA) is 59.6 Å². The van der Waals surface area contributed by atoms with Crippen LogP contribution in [-0.4, -0.2) is 25.2 Å². The highest BCUT2D eigenvalue weighted by Crippen LogP contribution is 2.27. The second-order valence-corrected chi connectivity index (χ2v) is 6.12. The van der Waals surface area contributed by atoms with E-state index in [0.717, 1.165) is 16.8 Å². The lowest BCUT2D eigenvalue weighted by Gasteiger charge is -2.11. The Kier molecular flexibility index (Phi) is 6.74. The zero-order chi connectivity index (χ0) is 19.1. The molecule has 0 atom stereocenters. The number of anilines is 1. The fourth-order valence-corrected chi connectivity index (χ4v) is 2.60. The Bertz CT molecular complexity index is 847. The minimum atomic E-state index is -0.318. The van der Waals surface area contributed by atoms with Crippen LogP contribution in [0.25, 0.3) is 6.08 Å². The molecule has 2 rings (SSSR count). The van der Waals surface area contributed by atoms with Gasteiger partial charge in [-0.15, -0.1) is 0 Å². The van der Waals surface area contributed by atoms with Crippen LogP contribution in [0.3, 0.4) is 0 Å². The van der Waals surface area contributed by atoms with Crippen molar-refractivity contribution in [1.82, 2.24) is 5.32 Å². The van der Waals surface area contributed by atoms with Gasteiger partial charge in [-0.2, -0.15) is 0 Å². The molecule has 0 radical (unpaired) electrons. The van der Waals surface area contributed by atoms with Crippen LogP contribution in [0, 0.1) is 13.8 Å². The lowest BCUT2D eigenvalue weighted by Crippen LogP contribution is -2.33. The maximum absolute atomic E-state index is 12.1. The first-order chi connectivity index (χ1) is 12.4. The zero-order valence-corrected chi connectivity index (χ0v) is 16.1. The number of benzene rings is 2. The van der Waals surface area contributed by atoms with E-state index in [-0.39, 0.29) is 11.0 Å². The van der Waals surface area contributed by atoms with Gasteiger partial charge in [0.2, 0.25) is 5.91 Å². The molecule has 2 aromatic carbocycles. The van der Waals surface area contributed by atoms with Gasteiger partial charge in [0.05, 0.1) is 14.2 Å². The van der Waals surface area contributed by atoms with Crippen molar-refractivity contribution in [3.63, 3.8) is 0 Å². The highest BCUT2D eigenvalue weighted by molar-refractivity contribution is 7.80. The Balaban J connectivity index is 1.97. The molecule has 0 aliphatic heterocycles. The highest BCUT2D eigenvalue weighted by atomic mass is 32.1. The zero-order valence-electron chi connectivity index (χ0n) is 15.3. The molecule has 0 bridgehead atoms. The van der Waals surface area contributed by atoms with Crippen molar-refractivity contribution in [3.05, 3.63) is 59.2 Å². The number of rotatable bonds is 5. The molecule has 26 heavy (non-hydrogen) atoms. The van der Waals surface area contributed by atoms with E-state index in [1.807, 2.05) is 38.1 Å². The summed E-state index contributed by atoms with van der Waals surface area (Å²) in [5, 5.41) is 5.91. The van der Waals surface area contributed by atoms with Gasteiger partial charge in [0.1, 0.15) is 0 Å². The Labute approximate surface area is 159 Å². The third kappa shape index (κ3) is 5.32. The Hall–Kier alpha value is -2.86. The Morgan fingerprint density at radius 1 is 1.04 bits per heavy atom. The summed E-state index contributed by atoms with van der Waals surface area (Å²) >= 11 is 5.19. The van der Waals surface area contributed by atoms with Gasteiger partial charge in [-0.3, -0.25) is 10.1 Å². The molecular weight excluding hydrogens is 348 g/mol. The maximum Gasteiger partial charge on any atom is 0.250 e. The number of aryl methyl sites for hydroxylation is 2. The lowest BCUT2D eigenvalue weighted by atomic mass is 10.1. The summed E-state index contributed by atoms with van der Waals surface area (Å²) < 4.78 is 10.4. The molecule has 0 unspecified atom stereocenters. The van der Waals surface area contributed by atoms with E-state index >= 15 is 0 Å². The standard InChI is InChI=1S/C20H22N2O3S/c1-13-5-8-16(14(2)11-13)21-20(26)22-19(23)10-7-15-6-9-17(24-3)18(12-15)25-4/h5-12H,1-4H3,(H2,21,22,23,26). The van der Waals surface area contributed by atoms with E-state index in [4.69, 9.17) is 21.7 Å². The summed E-state index contributed by atoms with van der Waals surface area (Å²) in [7, 11) is 3.14. The van der Waals surface area contributed by atoms with Crippen molar-refractivity contribution in [2.75, 3.05) is 19.5 Å². The van der Waals surface area contributed by atoms with Gasteiger partial charge in [-0.05, 0) is 61.5 Å². The SMILES string of the molecule is COc1ccc(C=CC(=O)NC(=S)Nc2ccc(C)cc2C)cc1OC. The molecule has 0 aromatic heterocycles. The maximum atomic E-state index is 12.1. The summed E-state index contributed by atoms with van der Waals surface area (Å²) in [5.74, 6) is 0.914. The molecule has 1 amide bonds. The number of hydrogen-bond donors (Lipinski definition) is 2. The van der Waals surface area contributed by atoms with E-state index in [1.165, 1.54) is 11.6 Å². The molecule has 0 fully saturated rings. The predicted molar refractivity (Wildman–Crippen MR) is 109 cm³/mol. The number of thiocarbonyl (C=S) groups is 1. The quantitative estimate of drug-likeness (QED) is 0.618. The van der Waals surface area contributed by atoms with E-state index in [9.17, 15) is 4.79 Å². The second-order valence-electron chi connectivity index (χ2n) is 5.71. The largest absolute Gasteiger partial charge is 0.493 e. The molecule has 0 aliphatic rings. The first-order valence-electron chi connectivity index (χ1n) is 8.02. The van der Waals surface area contributed by atoms with Gasteiger partial charge in [-0.25, -0.2) is 0 Å². The van der Waals surface area contributed by atoms with E-state index in [1.54, 1.807) is 32.4 Å². The van der Waals surface area contributed by atoms with Crippen molar-refractivity contribution >= 4 is 35.0 Å². The molecule has 6 heteroatoms. The minimum absolute atomic E-state index is 0.249. The van der Waals surface area contributed by atoms with Crippen LogP contribution in [-0.2, 0) is 4.79 Å². The smallest absolute Gasteiger partial charge is 0.250 e. The Morgan fingerprint density at radius 3 is 2.42 bits per heavy atom. The van der Waals surface area contributed by atoms with Crippen LogP contribution in [0.2, 0.25) is 0 Å². The van der Waals surface area contributed by atoms with Gasteiger partial charge in [0.25, 0.3) is 0 Å². The van der Waals surface area contributed by atoms with Crippen LogP contribution in [0.4, 0.5) is 5.69 Å². The van der Waals surface area contributed by atoms with Gasteiger partial charge in [0, 0.05) is 11.8 Å². The van der Waals surface area contributed by atoms with Crippen LogP contribution >= 0.6 is 12.2 Å². The number of methoxy groups -OCH3 is 2. The van der Waals surface area contributed by atoms with Crippen molar-refractivity contribution in [1.29, 1.82) is 0 Å². The number of carbonyl (C=O) groups excluding carboxylic acids is 1. The summed E-state index contributed by atoms with van der Waals surface area (Å²) in [5.41, 5.74) is 3.90. The van der Waals surface area contributed by atoms with Gasteiger partial charge >= 0.3 is 0 Å². The third-order valence-corrected chi connectivity index (χ3v) is 3.91. The fraction of sp³-hybridized carbons (Fsp3) is 0.200. The fourth-order valence-electron chi connectivity index (χ4n) is 2.39. The minimum Gasteiger partial charge on any atom is -0.493 e. The number of nitrogens with one attached hydrogen (secondary N) is 2. The van der Waals surface area contributed by atoms with Crippen LogP contribution < -0.4 is 20.1 Å². The molecule has 0 saturated carbocycles. The monoisotopic (exact) mass is 370 g/mol. The molecule has 0 saturated heterocycles. The highest BCUT2D eigenvalue weighted by Gasteiger charge is 2.05. The van der Waals surface area contributed by atoms with Crippen molar-refractivity contribution in [2.45, 2.75) is 13.8 Å². The van der Waals surface area contributed by atoms with Crippen LogP contribution in [0.15, 0.2) is 42.5 Å². The third-order valence-electron chi connectivity index (χ3n) is 3.70. The number of hydrogen-bond acceptors (Lipinski definition) is 4. The molecule has 136 valence electrons. The number of carbonyl (C=O) groups is 1. The number of amides is 1. The summed E-state index contributed by atoms with van der Waals surface area (Å²) in [6, 6.07) is 11.4.